The molecule has 1 aromatic rings. The number of anilines is 1. The van der Waals surface area contributed by atoms with E-state index in [1.54, 1.807) is 0 Å². The number of nitrogens with two attached hydrogens (primary N) is 1. The van der Waals surface area contributed by atoms with Crippen LogP contribution in [0.3, 0.4) is 0 Å². The van der Waals surface area contributed by atoms with E-state index >= 15 is 0 Å². The molecular weight excluding hydrogens is 276 g/mol. The van der Waals surface area contributed by atoms with Crippen LogP contribution in [-0.2, 0) is 6.42 Å². The fourth-order valence-electron chi connectivity index (χ4n) is 3.53. The second-order valence-corrected chi connectivity index (χ2v) is 6.26. The fraction of sp³-hybridized carbons (Fsp3) is 0.667. The van der Waals surface area contributed by atoms with E-state index in [9.17, 15) is 5.11 Å². The van der Waals surface area contributed by atoms with Gasteiger partial charge in [-0.2, -0.15) is 0 Å². The summed E-state index contributed by atoms with van der Waals surface area (Å²) in [6, 6.07) is 7.11. The van der Waals surface area contributed by atoms with E-state index in [1.165, 1.54) is 24.8 Å². The Hall–Kier alpha value is -1.26. The Labute approximate surface area is 134 Å². The quantitative estimate of drug-likeness (QED) is 0.761. The van der Waals surface area contributed by atoms with Crippen molar-refractivity contribution in [2.75, 3.05) is 25.5 Å². The lowest BCUT2D eigenvalue weighted by molar-refractivity contribution is 0.0827. The molecule has 2 unspecified atom stereocenters. The second-order valence-electron chi connectivity index (χ2n) is 6.26. The van der Waals surface area contributed by atoms with Crippen LogP contribution < -0.4 is 10.5 Å². The Kier molecular flexibility index (Phi) is 6.52. The summed E-state index contributed by atoms with van der Waals surface area (Å²) in [7, 11) is 0. The number of ether oxygens (including phenoxy) is 1. The van der Waals surface area contributed by atoms with Crippen LogP contribution in [0.2, 0.25) is 0 Å². The lowest BCUT2D eigenvalue weighted by Gasteiger charge is -2.40. The fourth-order valence-corrected chi connectivity index (χ4v) is 3.53. The van der Waals surface area contributed by atoms with Gasteiger partial charge in [0.05, 0.1) is 12.3 Å². The predicted octanol–water partition coefficient (Wildman–Crippen LogP) is 2.84. The van der Waals surface area contributed by atoms with E-state index in [0.717, 1.165) is 30.8 Å². The Bertz CT molecular complexity index is 462. The van der Waals surface area contributed by atoms with Gasteiger partial charge in [0.25, 0.3) is 0 Å². The lowest BCUT2D eigenvalue weighted by Crippen LogP contribution is -2.46. The maximum absolute atomic E-state index is 9.27. The summed E-state index contributed by atoms with van der Waals surface area (Å²) in [5, 5.41) is 9.27. The van der Waals surface area contributed by atoms with Crippen LogP contribution in [0.1, 0.15) is 45.1 Å². The van der Waals surface area contributed by atoms with Gasteiger partial charge in [-0.15, -0.1) is 0 Å². The van der Waals surface area contributed by atoms with E-state index in [-0.39, 0.29) is 6.61 Å². The monoisotopic (exact) mass is 306 g/mol. The molecule has 4 nitrogen and oxygen atoms in total. The first kappa shape index (κ1) is 17.1. The highest BCUT2D eigenvalue weighted by molar-refractivity contribution is 5.54. The average Bonchev–Trinajstić information content (AvgIpc) is 2.51. The highest BCUT2D eigenvalue weighted by Crippen LogP contribution is 2.26. The highest BCUT2D eigenvalue weighted by atomic mass is 16.5. The zero-order valence-corrected chi connectivity index (χ0v) is 13.9. The molecule has 0 saturated carbocycles. The summed E-state index contributed by atoms with van der Waals surface area (Å²) in [6.07, 6.45) is 5.62. The average molecular weight is 306 g/mol. The number of nitrogens with zero attached hydrogens (tertiary/aromatic N) is 1. The molecule has 2 atom stereocenters. The largest absolute Gasteiger partial charge is 0.492 e. The number of hydrogen-bond donors (Lipinski definition) is 2. The molecule has 22 heavy (non-hydrogen) atoms. The van der Waals surface area contributed by atoms with Gasteiger partial charge in [0.2, 0.25) is 0 Å². The minimum absolute atomic E-state index is 0.282. The number of hydrogen-bond acceptors (Lipinski definition) is 4. The zero-order chi connectivity index (χ0) is 15.9. The molecule has 1 aliphatic heterocycles. The van der Waals surface area contributed by atoms with Crippen molar-refractivity contribution in [3.63, 3.8) is 0 Å². The van der Waals surface area contributed by atoms with Crippen molar-refractivity contribution in [3.05, 3.63) is 23.8 Å². The Morgan fingerprint density at radius 2 is 2.23 bits per heavy atom. The molecule has 0 aliphatic carbocycles. The van der Waals surface area contributed by atoms with Crippen molar-refractivity contribution in [2.24, 2.45) is 0 Å². The number of nitrogen functional groups attached to an aromatic ring is 1. The molecule has 1 fully saturated rings. The lowest BCUT2D eigenvalue weighted by atomic mass is 9.95. The normalized spacial score (nSPS) is 20.8. The minimum atomic E-state index is 0.282. The maximum atomic E-state index is 9.27. The molecule has 4 heteroatoms. The first-order valence-corrected chi connectivity index (χ1v) is 8.53. The van der Waals surface area contributed by atoms with Gasteiger partial charge in [0.15, 0.2) is 0 Å². The van der Waals surface area contributed by atoms with Crippen molar-refractivity contribution < 1.29 is 9.84 Å². The van der Waals surface area contributed by atoms with Crippen molar-refractivity contribution in [1.29, 1.82) is 0 Å². The molecule has 0 radical (unpaired) electrons. The van der Waals surface area contributed by atoms with Gasteiger partial charge in [-0.05, 0) is 63.8 Å². The third-order valence-electron chi connectivity index (χ3n) is 4.61. The van der Waals surface area contributed by atoms with Crippen LogP contribution in [-0.4, -0.2) is 41.8 Å². The van der Waals surface area contributed by atoms with E-state index in [0.29, 0.717) is 18.7 Å². The van der Waals surface area contributed by atoms with Gasteiger partial charge in [0.1, 0.15) is 5.75 Å². The van der Waals surface area contributed by atoms with Crippen LogP contribution in [0.25, 0.3) is 0 Å². The summed E-state index contributed by atoms with van der Waals surface area (Å²) in [6.45, 7) is 6.30. The van der Waals surface area contributed by atoms with Gasteiger partial charge in [-0.1, -0.05) is 12.5 Å². The third kappa shape index (κ3) is 4.37. The number of benzene rings is 1. The van der Waals surface area contributed by atoms with E-state index < -0.39 is 0 Å². The predicted molar refractivity (Wildman–Crippen MR) is 91.2 cm³/mol. The molecule has 0 aromatic heterocycles. The van der Waals surface area contributed by atoms with E-state index in [1.807, 2.05) is 19.1 Å². The number of aliphatic hydroxyl groups excluding tert-OH is 1. The Morgan fingerprint density at radius 1 is 1.41 bits per heavy atom. The molecule has 1 saturated heterocycles. The van der Waals surface area contributed by atoms with Crippen LogP contribution in [0.15, 0.2) is 18.2 Å². The van der Waals surface area contributed by atoms with E-state index in [4.69, 9.17) is 10.5 Å². The molecular formula is C18H30N2O2. The maximum Gasteiger partial charge on any atom is 0.142 e. The molecule has 1 heterocycles. The molecule has 124 valence electrons. The molecule has 0 amide bonds. The standard InChI is InChI=1S/C18H30N2O2/c1-3-22-18-8-7-15(13-17(18)19)12-14(2)20-10-5-4-6-16(20)9-11-21/h7-8,13-14,16,21H,3-6,9-12,19H2,1-2H3. The molecule has 2 rings (SSSR count). The smallest absolute Gasteiger partial charge is 0.142 e. The number of likely N-dealkylation sites (tertiary alicyclic amines) is 1. The van der Waals surface area contributed by atoms with Gasteiger partial charge >= 0.3 is 0 Å². The topological polar surface area (TPSA) is 58.7 Å². The van der Waals surface area contributed by atoms with Crippen LogP contribution in [0.5, 0.6) is 5.75 Å². The Morgan fingerprint density at radius 3 is 2.91 bits per heavy atom. The Balaban J connectivity index is 2.00. The molecule has 0 spiro atoms. The van der Waals surface area contributed by atoms with Crippen molar-refractivity contribution in [3.8, 4) is 5.75 Å². The molecule has 1 aromatic carbocycles. The van der Waals surface area contributed by atoms with Crippen LogP contribution >= 0.6 is 0 Å². The van der Waals surface area contributed by atoms with Crippen molar-refractivity contribution >= 4 is 5.69 Å². The van der Waals surface area contributed by atoms with Gasteiger partial charge in [-0.3, -0.25) is 4.90 Å². The third-order valence-corrected chi connectivity index (χ3v) is 4.61. The number of rotatable bonds is 7. The molecule has 3 N–H and O–H groups in total. The summed E-state index contributed by atoms with van der Waals surface area (Å²) < 4.78 is 5.50. The minimum Gasteiger partial charge on any atom is -0.492 e. The number of aliphatic hydroxyl groups is 1. The SMILES string of the molecule is CCOc1ccc(CC(C)N2CCCCC2CCO)cc1N. The molecule has 0 bridgehead atoms. The summed E-state index contributed by atoms with van der Waals surface area (Å²) in [5.41, 5.74) is 8.04. The molecule has 1 aliphatic rings. The van der Waals surface area contributed by atoms with Crippen molar-refractivity contribution in [1.82, 2.24) is 4.90 Å². The first-order chi connectivity index (χ1) is 10.7. The number of piperidine rings is 1. The first-order valence-electron chi connectivity index (χ1n) is 8.53. The van der Waals surface area contributed by atoms with Gasteiger partial charge in [-0.25, -0.2) is 0 Å². The van der Waals surface area contributed by atoms with E-state index in [2.05, 4.69) is 17.9 Å². The van der Waals surface area contributed by atoms with Gasteiger partial charge in [0, 0.05) is 18.7 Å². The van der Waals surface area contributed by atoms with Crippen LogP contribution in [0, 0.1) is 0 Å². The summed E-state index contributed by atoms with van der Waals surface area (Å²) >= 11 is 0. The van der Waals surface area contributed by atoms with Crippen molar-refractivity contribution in [2.45, 2.75) is 58.0 Å². The highest BCUT2D eigenvalue weighted by Gasteiger charge is 2.26. The second kappa shape index (κ2) is 8.39. The zero-order valence-electron chi connectivity index (χ0n) is 13.9. The van der Waals surface area contributed by atoms with Crippen LogP contribution in [0.4, 0.5) is 5.69 Å². The van der Waals surface area contributed by atoms with Gasteiger partial charge < -0.3 is 15.6 Å². The summed E-state index contributed by atoms with van der Waals surface area (Å²) in [4.78, 5) is 2.56. The summed E-state index contributed by atoms with van der Waals surface area (Å²) in [5.74, 6) is 0.773.